The number of thiocarbonyl (C=S) groups is 1. The molecule has 0 saturated carbocycles. The van der Waals surface area contributed by atoms with Crippen molar-refractivity contribution < 1.29 is 0 Å². The summed E-state index contributed by atoms with van der Waals surface area (Å²) in [5, 5.41) is 11.4. The first kappa shape index (κ1) is 14.5. The molecule has 0 aliphatic heterocycles. The topological polar surface area (TPSA) is 41.9 Å². The van der Waals surface area contributed by atoms with Gasteiger partial charge in [0.1, 0.15) is 0 Å². The van der Waals surface area contributed by atoms with Gasteiger partial charge < -0.3 is 10.6 Å². The van der Waals surface area contributed by atoms with Crippen molar-refractivity contribution in [2.45, 2.75) is 26.8 Å². The summed E-state index contributed by atoms with van der Waals surface area (Å²) in [7, 11) is 1.94. The zero-order valence-corrected chi connectivity index (χ0v) is 12.9. The van der Waals surface area contributed by atoms with E-state index in [2.05, 4.69) is 34.8 Å². The standard InChI is InChI=1S/C15H20N4S/c1-4-12-7-5-6-8-14(12)17-15(20)16-10-13-9-11(2)19(3)18-13/h5-9H,4,10H2,1-3H3,(H2,16,17,20). The molecule has 4 nitrogen and oxygen atoms in total. The van der Waals surface area contributed by atoms with Gasteiger partial charge in [-0.05, 0) is 43.3 Å². The van der Waals surface area contributed by atoms with Gasteiger partial charge in [0.2, 0.25) is 0 Å². The molecule has 1 heterocycles. The smallest absolute Gasteiger partial charge is 0.171 e. The number of aryl methyl sites for hydroxylation is 3. The minimum absolute atomic E-state index is 0.620. The highest BCUT2D eigenvalue weighted by Crippen LogP contribution is 2.15. The lowest BCUT2D eigenvalue weighted by Crippen LogP contribution is -2.28. The van der Waals surface area contributed by atoms with Crippen molar-refractivity contribution in [3.63, 3.8) is 0 Å². The number of benzene rings is 1. The summed E-state index contributed by atoms with van der Waals surface area (Å²) in [6.07, 6.45) is 0.977. The van der Waals surface area contributed by atoms with Gasteiger partial charge in [-0.2, -0.15) is 5.10 Å². The van der Waals surface area contributed by atoms with E-state index >= 15 is 0 Å². The van der Waals surface area contributed by atoms with Gasteiger partial charge in [-0.25, -0.2) is 0 Å². The summed E-state index contributed by atoms with van der Waals surface area (Å²) in [4.78, 5) is 0. The first-order valence-electron chi connectivity index (χ1n) is 6.72. The first-order chi connectivity index (χ1) is 9.60. The van der Waals surface area contributed by atoms with Crippen LogP contribution in [0.1, 0.15) is 23.9 Å². The highest BCUT2D eigenvalue weighted by Gasteiger charge is 2.04. The summed E-state index contributed by atoms with van der Waals surface area (Å²) >= 11 is 5.33. The molecule has 1 aromatic heterocycles. The minimum atomic E-state index is 0.620. The Morgan fingerprint density at radius 3 is 2.75 bits per heavy atom. The molecule has 5 heteroatoms. The molecule has 1 aromatic carbocycles. The third-order valence-electron chi connectivity index (χ3n) is 3.24. The van der Waals surface area contributed by atoms with Crippen LogP contribution >= 0.6 is 12.2 Å². The molecular formula is C15H20N4S. The molecule has 20 heavy (non-hydrogen) atoms. The molecule has 0 amide bonds. The van der Waals surface area contributed by atoms with Crippen LogP contribution in [0.15, 0.2) is 30.3 Å². The van der Waals surface area contributed by atoms with Crippen LogP contribution in [-0.2, 0) is 20.0 Å². The highest BCUT2D eigenvalue weighted by molar-refractivity contribution is 7.80. The Morgan fingerprint density at radius 2 is 2.10 bits per heavy atom. The molecule has 0 bridgehead atoms. The van der Waals surface area contributed by atoms with Crippen molar-refractivity contribution in [2.24, 2.45) is 7.05 Å². The van der Waals surface area contributed by atoms with Crippen LogP contribution in [0.4, 0.5) is 5.69 Å². The van der Waals surface area contributed by atoms with Gasteiger partial charge in [0.15, 0.2) is 5.11 Å². The van der Waals surface area contributed by atoms with E-state index in [-0.39, 0.29) is 0 Å². The van der Waals surface area contributed by atoms with Crippen LogP contribution in [0.2, 0.25) is 0 Å². The van der Waals surface area contributed by atoms with E-state index < -0.39 is 0 Å². The highest BCUT2D eigenvalue weighted by atomic mass is 32.1. The molecule has 0 radical (unpaired) electrons. The molecule has 2 N–H and O–H groups in total. The average molecular weight is 288 g/mol. The van der Waals surface area contributed by atoms with Gasteiger partial charge >= 0.3 is 0 Å². The maximum absolute atomic E-state index is 5.33. The lowest BCUT2D eigenvalue weighted by Gasteiger charge is -2.12. The number of hydrogen-bond donors (Lipinski definition) is 2. The molecular weight excluding hydrogens is 268 g/mol. The third-order valence-corrected chi connectivity index (χ3v) is 3.49. The zero-order chi connectivity index (χ0) is 14.5. The largest absolute Gasteiger partial charge is 0.357 e. The molecule has 0 fully saturated rings. The lowest BCUT2D eigenvalue weighted by atomic mass is 10.1. The van der Waals surface area contributed by atoms with Crippen LogP contribution < -0.4 is 10.6 Å². The average Bonchev–Trinajstić information content (AvgIpc) is 2.76. The zero-order valence-electron chi connectivity index (χ0n) is 12.1. The SMILES string of the molecule is CCc1ccccc1NC(=S)NCc1cc(C)n(C)n1. The van der Waals surface area contributed by atoms with E-state index in [9.17, 15) is 0 Å². The van der Waals surface area contributed by atoms with Gasteiger partial charge in [-0.15, -0.1) is 0 Å². The van der Waals surface area contributed by atoms with Crippen molar-refractivity contribution in [2.75, 3.05) is 5.32 Å². The van der Waals surface area contributed by atoms with Crippen LogP contribution in [0, 0.1) is 6.92 Å². The Kier molecular flexibility index (Phi) is 4.74. The summed E-state index contributed by atoms with van der Waals surface area (Å²) in [6.45, 7) is 4.79. The second kappa shape index (κ2) is 6.52. The van der Waals surface area contributed by atoms with Crippen LogP contribution in [0.3, 0.4) is 0 Å². The number of nitrogens with one attached hydrogen (secondary N) is 2. The molecule has 2 rings (SSSR count). The molecule has 0 unspecified atom stereocenters. The fourth-order valence-electron chi connectivity index (χ4n) is 2.01. The lowest BCUT2D eigenvalue weighted by molar-refractivity contribution is 0.712. The Hall–Kier alpha value is -1.88. The second-order valence-electron chi connectivity index (χ2n) is 4.72. The van der Waals surface area contributed by atoms with E-state index in [0.717, 1.165) is 23.5 Å². The number of nitrogens with zero attached hydrogens (tertiary/aromatic N) is 2. The van der Waals surface area contributed by atoms with Crippen LogP contribution in [-0.4, -0.2) is 14.9 Å². The molecule has 0 aliphatic rings. The fourth-order valence-corrected chi connectivity index (χ4v) is 2.19. The Morgan fingerprint density at radius 1 is 1.35 bits per heavy atom. The summed E-state index contributed by atoms with van der Waals surface area (Å²) < 4.78 is 1.86. The Bertz CT molecular complexity index is 584. The van der Waals surface area contributed by atoms with Crippen molar-refractivity contribution in [1.29, 1.82) is 0 Å². The van der Waals surface area contributed by atoms with Gasteiger partial charge in [0, 0.05) is 18.4 Å². The number of para-hydroxylation sites is 1. The number of rotatable bonds is 4. The number of aromatic nitrogens is 2. The molecule has 0 aliphatic carbocycles. The molecule has 0 spiro atoms. The van der Waals surface area contributed by atoms with E-state index in [1.54, 1.807) is 0 Å². The van der Waals surface area contributed by atoms with Gasteiger partial charge in [0.25, 0.3) is 0 Å². The van der Waals surface area contributed by atoms with Crippen LogP contribution in [0.5, 0.6) is 0 Å². The van der Waals surface area contributed by atoms with Crippen molar-refractivity contribution in [3.8, 4) is 0 Å². The van der Waals surface area contributed by atoms with Crippen molar-refractivity contribution in [1.82, 2.24) is 15.1 Å². The van der Waals surface area contributed by atoms with Gasteiger partial charge in [0.05, 0.1) is 12.2 Å². The van der Waals surface area contributed by atoms with Gasteiger partial charge in [-0.3, -0.25) is 4.68 Å². The van der Waals surface area contributed by atoms with E-state index in [1.165, 1.54) is 5.56 Å². The minimum Gasteiger partial charge on any atom is -0.357 e. The molecule has 0 saturated heterocycles. The van der Waals surface area contributed by atoms with E-state index in [4.69, 9.17) is 12.2 Å². The third kappa shape index (κ3) is 3.57. The quantitative estimate of drug-likeness (QED) is 0.849. The molecule has 106 valence electrons. The van der Waals surface area contributed by atoms with Crippen molar-refractivity contribution >= 4 is 23.0 Å². The number of hydrogen-bond acceptors (Lipinski definition) is 2. The maximum atomic E-state index is 5.33. The summed E-state index contributed by atoms with van der Waals surface area (Å²) in [6, 6.07) is 10.2. The maximum Gasteiger partial charge on any atom is 0.171 e. The second-order valence-corrected chi connectivity index (χ2v) is 5.13. The fraction of sp³-hybridized carbons (Fsp3) is 0.333. The summed E-state index contributed by atoms with van der Waals surface area (Å²) in [5.41, 5.74) is 4.44. The van der Waals surface area contributed by atoms with Gasteiger partial charge in [-0.1, -0.05) is 25.1 Å². The van der Waals surface area contributed by atoms with Crippen molar-refractivity contribution in [3.05, 3.63) is 47.3 Å². The first-order valence-corrected chi connectivity index (χ1v) is 7.13. The number of anilines is 1. The van der Waals surface area contributed by atoms with E-state index in [0.29, 0.717) is 11.7 Å². The normalized spacial score (nSPS) is 10.3. The Balaban J connectivity index is 1.92. The summed E-state index contributed by atoms with van der Waals surface area (Å²) in [5.74, 6) is 0. The van der Waals surface area contributed by atoms with E-state index in [1.807, 2.05) is 36.9 Å². The Labute approximate surface area is 125 Å². The predicted molar refractivity (Wildman–Crippen MR) is 86.8 cm³/mol. The molecule has 0 atom stereocenters. The molecule has 2 aromatic rings. The monoisotopic (exact) mass is 288 g/mol. The van der Waals surface area contributed by atoms with Crippen LogP contribution in [0.25, 0.3) is 0 Å². The predicted octanol–water partition coefficient (Wildman–Crippen LogP) is 2.78.